The van der Waals surface area contributed by atoms with E-state index in [1.54, 1.807) is 0 Å². The van der Waals surface area contributed by atoms with Crippen LogP contribution in [-0.2, 0) is 4.79 Å². The molecule has 0 bridgehead atoms. The van der Waals surface area contributed by atoms with Gasteiger partial charge in [-0.1, -0.05) is 6.42 Å². The first kappa shape index (κ1) is 14.7. The highest BCUT2D eigenvalue weighted by atomic mass is 79.9. The minimum atomic E-state index is -0.771. The lowest BCUT2D eigenvalue weighted by Crippen LogP contribution is -2.31. The van der Waals surface area contributed by atoms with Gasteiger partial charge in [0, 0.05) is 12.1 Å². The van der Waals surface area contributed by atoms with E-state index in [1.165, 1.54) is 12.3 Å². The predicted molar refractivity (Wildman–Crippen MR) is 75.6 cm³/mol. The maximum atomic E-state index is 11.0. The van der Waals surface area contributed by atoms with Gasteiger partial charge in [0.2, 0.25) is 0 Å². The smallest absolute Gasteiger partial charge is 0.306 e. The average Bonchev–Trinajstić information content (AvgIpc) is 2.41. The van der Waals surface area contributed by atoms with Crippen LogP contribution < -0.4 is 5.32 Å². The largest absolute Gasteiger partial charge is 0.481 e. The molecule has 2 atom stereocenters. The molecule has 2 N–H and O–H groups in total. The maximum Gasteiger partial charge on any atom is 0.306 e. The van der Waals surface area contributed by atoms with Gasteiger partial charge in [0.25, 0.3) is 5.69 Å². The number of nitrogens with zero attached hydrogens (tertiary/aromatic N) is 2. The molecule has 20 heavy (non-hydrogen) atoms. The van der Waals surface area contributed by atoms with Crippen LogP contribution in [0.4, 0.5) is 11.5 Å². The van der Waals surface area contributed by atoms with Gasteiger partial charge >= 0.3 is 5.97 Å². The standard InChI is InChI=1S/C12H14BrN3O4/c13-10-5-9(16(19)20)6-14-11(10)15-8-3-1-2-7(4-8)12(17)18/h5-8H,1-4H2,(H,14,15)(H,17,18). The van der Waals surface area contributed by atoms with Crippen LogP contribution in [0.25, 0.3) is 0 Å². The van der Waals surface area contributed by atoms with Gasteiger partial charge in [0.05, 0.1) is 15.3 Å². The molecule has 0 saturated heterocycles. The molecule has 1 aliphatic carbocycles. The molecule has 1 aliphatic rings. The Hall–Kier alpha value is -1.70. The molecule has 7 nitrogen and oxygen atoms in total. The van der Waals surface area contributed by atoms with E-state index in [0.717, 1.165) is 12.8 Å². The quantitative estimate of drug-likeness (QED) is 0.643. The lowest BCUT2D eigenvalue weighted by molar-refractivity contribution is -0.385. The molecule has 2 unspecified atom stereocenters. The number of hydrogen-bond donors (Lipinski definition) is 2. The number of carboxylic acids is 1. The third kappa shape index (κ3) is 3.44. The zero-order valence-corrected chi connectivity index (χ0v) is 12.2. The number of aromatic nitrogens is 1. The highest BCUT2D eigenvalue weighted by Gasteiger charge is 2.27. The Labute approximate surface area is 123 Å². The molecular weight excluding hydrogens is 330 g/mol. The van der Waals surface area contributed by atoms with Crippen molar-refractivity contribution < 1.29 is 14.8 Å². The fraction of sp³-hybridized carbons (Fsp3) is 0.500. The second kappa shape index (κ2) is 6.17. The van der Waals surface area contributed by atoms with Gasteiger partial charge in [0.15, 0.2) is 0 Å². The van der Waals surface area contributed by atoms with Crippen molar-refractivity contribution in [1.29, 1.82) is 0 Å². The number of nitro groups is 1. The average molecular weight is 344 g/mol. The maximum absolute atomic E-state index is 11.0. The van der Waals surface area contributed by atoms with Crippen LogP contribution in [0.5, 0.6) is 0 Å². The third-order valence-corrected chi connectivity index (χ3v) is 4.01. The molecule has 1 aromatic rings. The first-order chi connectivity index (χ1) is 9.47. The van der Waals surface area contributed by atoms with Gasteiger partial charge in [-0.15, -0.1) is 0 Å². The number of carbonyl (C=O) groups is 1. The van der Waals surface area contributed by atoms with E-state index in [-0.39, 0.29) is 17.6 Å². The van der Waals surface area contributed by atoms with E-state index in [4.69, 9.17) is 5.11 Å². The van der Waals surface area contributed by atoms with Crippen LogP contribution in [0.2, 0.25) is 0 Å². The monoisotopic (exact) mass is 343 g/mol. The van der Waals surface area contributed by atoms with Gasteiger partial charge in [-0.3, -0.25) is 14.9 Å². The third-order valence-electron chi connectivity index (χ3n) is 3.40. The van der Waals surface area contributed by atoms with Gasteiger partial charge in [0.1, 0.15) is 12.0 Å². The summed E-state index contributed by atoms with van der Waals surface area (Å²) >= 11 is 3.24. The van der Waals surface area contributed by atoms with Crippen LogP contribution in [0.1, 0.15) is 25.7 Å². The summed E-state index contributed by atoms with van der Waals surface area (Å²) in [5.74, 6) is -0.600. The fourth-order valence-electron chi connectivity index (χ4n) is 2.37. The second-order valence-corrected chi connectivity index (χ2v) is 5.68. The molecule has 1 saturated carbocycles. The molecule has 108 valence electrons. The molecule has 8 heteroatoms. The van der Waals surface area contributed by atoms with Gasteiger partial charge < -0.3 is 10.4 Å². The van der Waals surface area contributed by atoms with E-state index < -0.39 is 10.9 Å². The first-order valence-corrected chi connectivity index (χ1v) is 7.06. The van der Waals surface area contributed by atoms with Crippen LogP contribution in [0.15, 0.2) is 16.7 Å². The Balaban J connectivity index is 2.06. The Kier molecular flexibility index (Phi) is 4.53. The van der Waals surface area contributed by atoms with Crippen molar-refractivity contribution in [2.45, 2.75) is 31.7 Å². The minimum absolute atomic E-state index is 0.0232. The van der Waals surface area contributed by atoms with Crippen LogP contribution in [-0.4, -0.2) is 27.0 Å². The summed E-state index contributed by atoms with van der Waals surface area (Å²) in [5, 5.41) is 22.8. The number of carboxylic acid groups (broad SMARTS) is 1. The lowest BCUT2D eigenvalue weighted by atomic mass is 9.86. The molecule has 1 aromatic heterocycles. The minimum Gasteiger partial charge on any atom is -0.481 e. The summed E-state index contributed by atoms with van der Waals surface area (Å²) in [6, 6.07) is 1.41. The normalized spacial score (nSPS) is 22.2. The summed E-state index contributed by atoms with van der Waals surface area (Å²) in [4.78, 5) is 25.1. The predicted octanol–water partition coefficient (Wildman–Crippen LogP) is 2.81. The Bertz CT molecular complexity index is 537. The molecule has 0 spiro atoms. The number of pyridine rings is 1. The van der Waals surface area contributed by atoms with Crippen molar-refractivity contribution in [3.05, 3.63) is 26.9 Å². The summed E-state index contributed by atoms with van der Waals surface area (Å²) < 4.78 is 0.504. The van der Waals surface area contributed by atoms with Crippen molar-refractivity contribution in [2.24, 2.45) is 5.92 Å². The van der Waals surface area contributed by atoms with Crippen molar-refractivity contribution in [2.75, 3.05) is 5.32 Å². The number of anilines is 1. The Morgan fingerprint density at radius 2 is 2.30 bits per heavy atom. The van der Waals surface area contributed by atoms with Gasteiger partial charge in [-0.2, -0.15) is 0 Å². The number of rotatable bonds is 4. The molecule has 2 rings (SSSR count). The van der Waals surface area contributed by atoms with E-state index in [0.29, 0.717) is 23.1 Å². The highest BCUT2D eigenvalue weighted by molar-refractivity contribution is 9.10. The molecule has 0 radical (unpaired) electrons. The number of hydrogen-bond acceptors (Lipinski definition) is 5. The summed E-state index contributed by atoms with van der Waals surface area (Å²) in [5.41, 5.74) is -0.0884. The summed E-state index contributed by atoms with van der Waals surface area (Å²) in [7, 11) is 0. The number of halogens is 1. The van der Waals surface area contributed by atoms with E-state index >= 15 is 0 Å². The van der Waals surface area contributed by atoms with E-state index in [2.05, 4.69) is 26.2 Å². The van der Waals surface area contributed by atoms with Crippen molar-refractivity contribution in [3.63, 3.8) is 0 Å². The molecule has 0 aliphatic heterocycles. The molecule has 1 fully saturated rings. The Morgan fingerprint density at radius 3 is 2.90 bits per heavy atom. The van der Waals surface area contributed by atoms with Gasteiger partial charge in [-0.25, -0.2) is 4.98 Å². The van der Waals surface area contributed by atoms with E-state index in [1.807, 2.05) is 0 Å². The van der Waals surface area contributed by atoms with E-state index in [9.17, 15) is 14.9 Å². The SMILES string of the molecule is O=C(O)C1CCCC(Nc2ncc([N+](=O)[O-])cc2Br)C1. The molecular formula is C12H14BrN3O4. The zero-order chi connectivity index (χ0) is 14.7. The van der Waals surface area contributed by atoms with Crippen molar-refractivity contribution >= 4 is 33.4 Å². The molecule has 0 amide bonds. The molecule has 1 heterocycles. The Morgan fingerprint density at radius 1 is 1.55 bits per heavy atom. The zero-order valence-electron chi connectivity index (χ0n) is 10.6. The summed E-state index contributed by atoms with van der Waals surface area (Å²) in [6.45, 7) is 0. The topological polar surface area (TPSA) is 105 Å². The molecule has 0 aromatic carbocycles. The fourth-order valence-corrected chi connectivity index (χ4v) is 2.82. The van der Waals surface area contributed by atoms with Crippen LogP contribution in [0, 0.1) is 16.0 Å². The lowest BCUT2D eigenvalue weighted by Gasteiger charge is -2.27. The number of aliphatic carboxylic acids is 1. The first-order valence-electron chi connectivity index (χ1n) is 6.26. The van der Waals surface area contributed by atoms with Crippen LogP contribution in [0.3, 0.4) is 0 Å². The van der Waals surface area contributed by atoms with Gasteiger partial charge in [-0.05, 0) is 35.2 Å². The number of nitrogens with one attached hydrogen (secondary N) is 1. The van der Waals surface area contributed by atoms with Crippen LogP contribution >= 0.6 is 15.9 Å². The second-order valence-electron chi connectivity index (χ2n) is 4.82. The van der Waals surface area contributed by atoms with Crippen molar-refractivity contribution in [3.8, 4) is 0 Å². The summed E-state index contributed by atoms with van der Waals surface area (Å²) in [6.07, 6.45) is 4.14. The highest BCUT2D eigenvalue weighted by Crippen LogP contribution is 2.30. The van der Waals surface area contributed by atoms with Crippen molar-refractivity contribution in [1.82, 2.24) is 4.98 Å².